The molecule has 0 aromatic heterocycles. The van der Waals surface area contributed by atoms with E-state index in [0.29, 0.717) is 5.56 Å². The summed E-state index contributed by atoms with van der Waals surface area (Å²) in [4.78, 5) is 11.2. The van der Waals surface area contributed by atoms with Crippen LogP contribution in [0.25, 0.3) is 0 Å². The minimum absolute atomic E-state index is 0. The van der Waals surface area contributed by atoms with E-state index in [9.17, 15) is 4.79 Å². The van der Waals surface area contributed by atoms with Gasteiger partial charge in [0.25, 0.3) is 0 Å². The number of rotatable bonds is 1. The van der Waals surface area contributed by atoms with E-state index in [1.54, 1.807) is 0 Å². The van der Waals surface area contributed by atoms with Gasteiger partial charge in [-0.3, -0.25) is 0 Å². The summed E-state index contributed by atoms with van der Waals surface area (Å²) in [5, 5.41) is 0. The summed E-state index contributed by atoms with van der Waals surface area (Å²) in [5.74, 6) is -0.267. The minimum Gasteiger partial charge on any atom is -0.465 e. The Kier molecular flexibility index (Phi) is 4.18. The van der Waals surface area contributed by atoms with Crippen LogP contribution in [0.4, 0.5) is 0 Å². The summed E-state index contributed by atoms with van der Waals surface area (Å²) < 4.78 is 4.63. The maximum Gasteiger partial charge on any atom is 0.338 e. The molecule has 0 unspecified atom stereocenters. The van der Waals surface area contributed by atoms with Crippen LogP contribution in [-0.2, 0) is 4.74 Å². The molecule has 72 valence electrons. The van der Waals surface area contributed by atoms with Crippen molar-refractivity contribution in [3.8, 4) is 0 Å². The highest BCUT2D eigenvalue weighted by Crippen LogP contribution is 2.11. The quantitative estimate of drug-likeness (QED) is 0.621. The van der Waals surface area contributed by atoms with E-state index in [1.807, 2.05) is 32.0 Å². The van der Waals surface area contributed by atoms with E-state index in [1.165, 1.54) is 7.11 Å². The second-order valence-electron chi connectivity index (χ2n) is 2.81. The van der Waals surface area contributed by atoms with Gasteiger partial charge in [-0.05, 0) is 25.5 Å². The van der Waals surface area contributed by atoms with Crippen LogP contribution in [0.2, 0.25) is 0 Å². The first kappa shape index (κ1) is 11.7. The molecule has 0 aliphatic carbocycles. The number of ether oxygens (including phenoxy) is 1. The van der Waals surface area contributed by atoms with Gasteiger partial charge in [0.15, 0.2) is 0 Å². The Morgan fingerprint density at radius 2 is 1.92 bits per heavy atom. The molecule has 0 atom stereocenters. The van der Waals surface area contributed by atoms with Gasteiger partial charge < -0.3 is 4.74 Å². The Morgan fingerprint density at radius 1 is 1.31 bits per heavy atom. The summed E-state index contributed by atoms with van der Waals surface area (Å²) in [6.45, 7) is 3.84. The number of hydrogen-bond acceptors (Lipinski definition) is 2. The first-order valence-electron chi connectivity index (χ1n) is 3.80. The molecule has 0 heterocycles. The number of aryl methyl sites for hydroxylation is 2. The van der Waals surface area contributed by atoms with Crippen molar-refractivity contribution in [2.45, 2.75) is 21.3 Å². The first-order chi connectivity index (χ1) is 5.65. The number of carbonyl (C=O) groups is 1. The smallest absolute Gasteiger partial charge is 0.338 e. The molecule has 0 aliphatic heterocycles. The molecule has 1 rings (SSSR count). The third-order valence-corrected chi connectivity index (χ3v) is 1.80. The van der Waals surface area contributed by atoms with Gasteiger partial charge in [-0.25, -0.2) is 4.79 Å². The molecular weight excluding hydrogens is 164 g/mol. The van der Waals surface area contributed by atoms with E-state index in [-0.39, 0.29) is 13.4 Å². The van der Waals surface area contributed by atoms with E-state index in [4.69, 9.17) is 0 Å². The van der Waals surface area contributed by atoms with Crippen LogP contribution in [0.5, 0.6) is 0 Å². The molecule has 0 radical (unpaired) electrons. The average molecular weight is 180 g/mol. The molecular formula is C11H16O2. The fourth-order valence-electron chi connectivity index (χ4n) is 1.07. The standard InChI is InChI=1S/C10H12O2.CH4/c1-7-4-5-8(2)9(6-7)10(11)12-3;/h4-6H,1-3H3;1H4. The predicted octanol–water partition coefficient (Wildman–Crippen LogP) is 2.73. The third-order valence-electron chi connectivity index (χ3n) is 1.80. The Balaban J connectivity index is 0.00000144. The Hall–Kier alpha value is -1.31. The van der Waals surface area contributed by atoms with Crippen molar-refractivity contribution >= 4 is 5.97 Å². The van der Waals surface area contributed by atoms with Gasteiger partial charge >= 0.3 is 5.97 Å². The summed E-state index contributed by atoms with van der Waals surface area (Å²) >= 11 is 0. The first-order valence-corrected chi connectivity index (χ1v) is 3.80. The summed E-state index contributed by atoms with van der Waals surface area (Å²) in [6, 6.07) is 5.73. The van der Waals surface area contributed by atoms with Crippen molar-refractivity contribution in [1.29, 1.82) is 0 Å². The Morgan fingerprint density at radius 3 is 2.46 bits per heavy atom. The lowest BCUT2D eigenvalue weighted by atomic mass is 10.1. The van der Waals surface area contributed by atoms with Crippen molar-refractivity contribution < 1.29 is 9.53 Å². The maximum atomic E-state index is 11.2. The molecule has 0 fully saturated rings. The van der Waals surface area contributed by atoms with Gasteiger partial charge in [0.2, 0.25) is 0 Å². The molecule has 2 heteroatoms. The van der Waals surface area contributed by atoms with Crippen LogP contribution in [-0.4, -0.2) is 13.1 Å². The largest absolute Gasteiger partial charge is 0.465 e. The van der Waals surface area contributed by atoms with Crippen LogP contribution < -0.4 is 0 Å². The second kappa shape index (κ2) is 4.65. The average Bonchev–Trinajstić information content (AvgIpc) is 2.08. The molecule has 0 saturated carbocycles. The topological polar surface area (TPSA) is 26.3 Å². The van der Waals surface area contributed by atoms with E-state index >= 15 is 0 Å². The number of benzene rings is 1. The minimum atomic E-state index is -0.267. The van der Waals surface area contributed by atoms with Gasteiger partial charge in [-0.1, -0.05) is 25.1 Å². The van der Waals surface area contributed by atoms with Crippen LogP contribution in [0.3, 0.4) is 0 Å². The van der Waals surface area contributed by atoms with E-state index in [0.717, 1.165) is 11.1 Å². The zero-order valence-corrected chi connectivity index (χ0v) is 7.55. The fraction of sp³-hybridized carbons (Fsp3) is 0.364. The van der Waals surface area contributed by atoms with Crippen molar-refractivity contribution in [1.82, 2.24) is 0 Å². The highest BCUT2D eigenvalue weighted by Gasteiger charge is 2.07. The molecule has 0 spiro atoms. The van der Waals surface area contributed by atoms with E-state index in [2.05, 4.69) is 4.74 Å². The lowest BCUT2D eigenvalue weighted by Crippen LogP contribution is -2.03. The lowest BCUT2D eigenvalue weighted by molar-refractivity contribution is 0.0600. The number of methoxy groups -OCH3 is 1. The van der Waals surface area contributed by atoms with Gasteiger partial charge in [-0.2, -0.15) is 0 Å². The molecule has 0 N–H and O–H groups in total. The summed E-state index contributed by atoms with van der Waals surface area (Å²) in [5.41, 5.74) is 2.67. The molecule has 13 heavy (non-hydrogen) atoms. The molecule has 0 bridgehead atoms. The Bertz CT molecular complexity index is 303. The van der Waals surface area contributed by atoms with Crippen LogP contribution in [0, 0.1) is 13.8 Å². The summed E-state index contributed by atoms with van der Waals surface area (Å²) in [6.07, 6.45) is 0. The predicted molar refractivity (Wildman–Crippen MR) is 54.0 cm³/mol. The van der Waals surface area contributed by atoms with Crippen LogP contribution in [0.15, 0.2) is 18.2 Å². The number of carbonyl (C=O) groups excluding carboxylic acids is 1. The van der Waals surface area contributed by atoms with Crippen molar-refractivity contribution in [3.05, 3.63) is 34.9 Å². The number of esters is 1. The van der Waals surface area contributed by atoms with Crippen molar-refractivity contribution in [2.75, 3.05) is 7.11 Å². The highest BCUT2D eigenvalue weighted by molar-refractivity contribution is 5.91. The second-order valence-corrected chi connectivity index (χ2v) is 2.81. The third kappa shape index (κ3) is 2.58. The SMILES string of the molecule is C.COC(=O)c1cc(C)ccc1C. The van der Waals surface area contributed by atoms with Crippen molar-refractivity contribution in [2.24, 2.45) is 0 Å². The Labute approximate surface area is 79.5 Å². The van der Waals surface area contributed by atoms with Gasteiger partial charge in [0.1, 0.15) is 0 Å². The molecule has 0 amide bonds. The zero-order chi connectivity index (χ0) is 9.14. The summed E-state index contributed by atoms with van der Waals surface area (Å²) in [7, 11) is 1.39. The van der Waals surface area contributed by atoms with Gasteiger partial charge in [0.05, 0.1) is 12.7 Å². The zero-order valence-electron chi connectivity index (χ0n) is 7.55. The maximum absolute atomic E-state index is 11.2. The van der Waals surface area contributed by atoms with Crippen LogP contribution >= 0.6 is 0 Å². The molecule has 0 aliphatic rings. The normalized spacial score (nSPS) is 8.85. The molecule has 1 aromatic rings. The molecule has 0 saturated heterocycles. The number of hydrogen-bond donors (Lipinski definition) is 0. The molecule has 2 nitrogen and oxygen atoms in total. The van der Waals surface area contributed by atoms with Crippen molar-refractivity contribution in [3.63, 3.8) is 0 Å². The van der Waals surface area contributed by atoms with E-state index < -0.39 is 0 Å². The van der Waals surface area contributed by atoms with Gasteiger partial charge in [-0.15, -0.1) is 0 Å². The fourth-order valence-corrected chi connectivity index (χ4v) is 1.07. The van der Waals surface area contributed by atoms with Crippen LogP contribution in [0.1, 0.15) is 28.9 Å². The molecule has 1 aromatic carbocycles. The highest BCUT2D eigenvalue weighted by atomic mass is 16.5. The lowest BCUT2D eigenvalue weighted by Gasteiger charge is -2.03. The van der Waals surface area contributed by atoms with Gasteiger partial charge in [0, 0.05) is 0 Å². The monoisotopic (exact) mass is 180 g/mol.